The third-order valence-electron chi connectivity index (χ3n) is 4.82. The van der Waals surface area contributed by atoms with E-state index in [1.807, 2.05) is 13.0 Å². The largest absolute Gasteiger partial charge is 0.466 e. The SMILES string of the molecule is Cc1ccc2c(c1)NC(=O)C(C)(C(=O)Nc1sc3c(c1C#N)CCC3)O2. The molecule has 4 rings (SSSR count). The van der Waals surface area contributed by atoms with Crippen molar-refractivity contribution in [1.29, 1.82) is 5.26 Å². The maximum Gasteiger partial charge on any atom is 0.278 e. The molecule has 1 aromatic carbocycles. The van der Waals surface area contributed by atoms with Crippen LogP contribution in [0.3, 0.4) is 0 Å². The quantitative estimate of drug-likeness (QED) is 0.798. The van der Waals surface area contributed by atoms with E-state index in [-0.39, 0.29) is 0 Å². The molecule has 2 amide bonds. The van der Waals surface area contributed by atoms with Gasteiger partial charge in [0.1, 0.15) is 16.8 Å². The van der Waals surface area contributed by atoms with Crippen LogP contribution in [0.1, 0.15) is 34.9 Å². The molecule has 1 aliphatic heterocycles. The Morgan fingerprint density at radius 1 is 1.42 bits per heavy atom. The maximum atomic E-state index is 12.9. The van der Waals surface area contributed by atoms with Gasteiger partial charge in [-0.05, 0) is 56.4 Å². The molecule has 2 heterocycles. The van der Waals surface area contributed by atoms with Crippen molar-refractivity contribution in [3.63, 3.8) is 0 Å². The highest BCUT2D eigenvalue weighted by Crippen LogP contribution is 2.40. The average Bonchev–Trinajstić information content (AvgIpc) is 3.16. The van der Waals surface area contributed by atoms with Gasteiger partial charge in [-0.1, -0.05) is 6.07 Å². The summed E-state index contributed by atoms with van der Waals surface area (Å²) in [5.74, 6) is -0.671. The zero-order valence-electron chi connectivity index (χ0n) is 14.4. The molecular weight excluding hydrogens is 350 g/mol. The number of amides is 2. The van der Waals surface area contributed by atoms with E-state index in [4.69, 9.17) is 4.74 Å². The summed E-state index contributed by atoms with van der Waals surface area (Å²) in [4.78, 5) is 26.6. The van der Waals surface area contributed by atoms with E-state index in [2.05, 4.69) is 16.7 Å². The zero-order chi connectivity index (χ0) is 18.5. The summed E-state index contributed by atoms with van der Waals surface area (Å²) in [7, 11) is 0. The van der Waals surface area contributed by atoms with Crippen molar-refractivity contribution >= 4 is 33.8 Å². The topological polar surface area (TPSA) is 91.2 Å². The third-order valence-corrected chi connectivity index (χ3v) is 6.03. The van der Waals surface area contributed by atoms with Gasteiger partial charge in [0.05, 0.1) is 11.3 Å². The number of aryl methyl sites for hydroxylation is 2. The van der Waals surface area contributed by atoms with Gasteiger partial charge >= 0.3 is 0 Å². The molecule has 1 atom stereocenters. The normalized spacial score (nSPS) is 20.4. The molecule has 132 valence electrons. The second kappa shape index (κ2) is 5.85. The van der Waals surface area contributed by atoms with Gasteiger partial charge in [-0.2, -0.15) is 5.26 Å². The summed E-state index contributed by atoms with van der Waals surface area (Å²) in [6, 6.07) is 7.56. The highest BCUT2D eigenvalue weighted by atomic mass is 32.1. The van der Waals surface area contributed by atoms with Crippen LogP contribution in [0.5, 0.6) is 5.75 Å². The number of benzene rings is 1. The van der Waals surface area contributed by atoms with Crippen LogP contribution in [-0.2, 0) is 22.4 Å². The Kier molecular flexibility index (Phi) is 3.74. The van der Waals surface area contributed by atoms with Crippen molar-refractivity contribution in [2.45, 2.75) is 38.7 Å². The molecule has 0 bridgehead atoms. The molecular formula is C19H17N3O3S. The van der Waals surface area contributed by atoms with Crippen molar-refractivity contribution in [3.05, 3.63) is 39.8 Å². The minimum absolute atomic E-state index is 0.446. The van der Waals surface area contributed by atoms with Crippen LogP contribution in [-0.4, -0.2) is 17.4 Å². The molecule has 7 heteroatoms. The Morgan fingerprint density at radius 3 is 3.00 bits per heavy atom. The fraction of sp³-hybridized carbons (Fsp3) is 0.316. The third kappa shape index (κ3) is 2.45. The van der Waals surface area contributed by atoms with Crippen molar-refractivity contribution < 1.29 is 14.3 Å². The smallest absolute Gasteiger partial charge is 0.278 e. The van der Waals surface area contributed by atoms with Crippen LogP contribution >= 0.6 is 11.3 Å². The lowest BCUT2D eigenvalue weighted by molar-refractivity contribution is -0.143. The molecule has 26 heavy (non-hydrogen) atoms. The van der Waals surface area contributed by atoms with Gasteiger partial charge in [0, 0.05) is 4.88 Å². The zero-order valence-corrected chi connectivity index (χ0v) is 15.3. The monoisotopic (exact) mass is 367 g/mol. The molecule has 1 unspecified atom stereocenters. The number of nitrogens with one attached hydrogen (secondary N) is 2. The van der Waals surface area contributed by atoms with Crippen LogP contribution in [0, 0.1) is 18.3 Å². The van der Waals surface area contributed by atoms with Crippen molar-refractivity contribution in [2.75, 3.05) is 10.6 Å². The molecule has 0 saturated carbocycles. The number of thiophene rings is 1. The van der Waals surface area contributed by atoms with Crippen molar-refractivity contribution in [1.82, 2.24) is 0 Å². The molecule has 6 nitrogen and oxygen atoms in total. The number of carbonyl (C=O) groups excluding carboxylic acids is 2. The van der Waals surface area contributed by atoms with Crippen molar-refractivity contribution in [2.24, 2.45) is 0 Å². The van der Waals surface area contributed by atoms with Gasteiger partial charge in [-0.25, -0.2) is 0 Å². The van der Waals surface area contributed by atoms with E-state index in [1.54, 1.807) is 12.1 Å². The maximum absolute atomic E-state index is 12.9. The average molecular weight is 367 g/mol. The number of carbonyl (C=O) groups is 2. The molecule has 0 spiro atoms. The number of ether oxygens (including phenoxy) is 1. The fourth-order valence-electron chi connectivity index (χ4n) is 3.32. The van der Waals surface area contributed by atoms with Crippen molar-refractivity contribution in [3.8, 4) is 11.8 Å². The van der Waals surface area contributed by atoms with E-state index >= 15 is 0 Å². The number of hydrogen-bond acceptors (Lipinski definition) is 5. The van der Waals surface area contributed by atoms with E-state index in [0.717, 1.165) is 35.3 Å². The Bertz CT molecular complexity index is 989. The second-order valence-electron chi connectivity index (χ2n) is 6.72. The van der Waals surface area contributed by atoms with Crippen LogP contribution in [0.15, 0.2) is 18.2 Å². The van der Waals surface area contributed by atoms with E-state index < -0.39 is 17.4 Å². The second-order valence-corrected chi connectivity index (χ2v) is 7.82. The molecule has 2 aliphatic rings. The summed E-state index contributed by atoms with van der Waals surface area (Å²) in [5, 5.41) is 15.4. The van der Waals surface area contributed by atoms with E-state index in [0.29, 0.717) is 22.0 Å². The predicted octanol–water partition coefficient (Wildman–Crippen LogP) is 3.15. The molecule has 2 aromatic rings. The van der Waals surface area contributed by atoms with Gasteiger partial charge in [0.25, 0.3) is 17.4 Å². The minimum atomic E-state index is -1.70. The summed E-state index contributed by atoms with van der Waals surface area (Å²) in [6.45, 7) is 3.35. The first-order chi connectivity index (χ1) is 12.4. The van der Waals surface area contributed by atoms with Gasteiger partial charge in [0.2, 0.25) is 0 Å². The minimum Gasteiger partial charge on any atom is -0.466 e. The van der Waals surface area contributed by atoms with Gasteiger partial charge in [-0.3, -0.25) is 9.59 Å². The number of fused-ring (bicyclic) bond motifs is 2. The fourth-order valence-corrected chi connectivity index (χ4v) is 4.56. The van der Waals surface area contributed by atoms with Crippen LogP contribution < -0.4 is 15.4 Å². The molecule has 1 aliphatic carbocycles. The Labute approximate surface area is 154 Å². The Morgan fingerprint density at radius 2 is 2.23 bits per heavy atom. The number of anilines is 2. The summed E-state index contributed by atoms with van der Waals surface area (Å²) in [6.07, 6.45) is 2.81. The van der Waals surface area contributed by atoms with Gasteiger partial charge in [0.15, 0.2) is 0 Å². The first-order valence-electron chi connectivity index (χ1n) is 8.39. The number of hydrogen-bond donors (Lipinski definition) is 2. The standard InChI is InChI=1S/C19H17N3O3S/c1-10-6-7-14-13(8-10)21-17(23)19(2,25-14)18(24)22-16-12(9-20)11-4-3-5-15(11)26-16/h6-8H,3-5H2,1-2H3,(H,21,23)(H,22,24). The molecule has 0 saturated heterocycles. The number of rotatable bonds is 2. The van der Waals surface area contributed by atoms with Crippen LogP contribution in [0.2, 0.25) is 0 Å². The van der Waals surface area contributed by atoms with E-state index in [9.17, 15) is 14.9 Å². The Balaban J connectivity index is 1.63. The predicted molar refractivity (Wildman–Crippen MR) is 98.5 cm³/mol. The van der Waals surface area contributed by atoms with E-state index in [1.165, 1.54) is 18.3 Å². The molecule has 2 N–H and O–H groups in total. The van der Waals surface area contributed by atoms with Crippen LogP contribution in [0.4, 0.5) is 10.7 Å². The lowest BCUT2D eigenvalue weighted by atomic mass is 10.0. The molecule has 0 fully saturated rings. The lowest BCUT2D eigenvalue weighted by Crippen LogP contribution is -2.56. The summed E-state index contributed by atoms with van der Waals surface area (Å²) >= 11 is 1.41. The summed E-state index contributed by atoms with van der Waals surface area (Å²) < 4.78 is 5.77. The van der Waals surface area contributed by atoms with Gasteiger partial charge < -0.3 is 15.4 Å². The first-order valence-corrected chi connectivity index (χ1v) is 9.21. The highest BCUT2D eigenvalue weighted by molar-refractivity contribution is 7.16. The van der Waals surface area contributed by atoms with Crippen LogP contribution in [0.25, 0.3) is 0 Å². The Hall–Kier alpha value is -2.85. The van der Waals surface area contributed by atoms with Gasteiger partial charge in [-0.15, -0.1) is 11.3 Å². The summed E-state index contributed by atoms with van der Waals surface area (Å²) in [5.41, 5.74) is 1.35. The number of nitrogens with zero attached hydrogens (tertiary/aromatic N) is 1. The highest BCUT2D eigenvalue weighted by Gasteiger charge is 2.47. The molecule has 1 aromatic heterocycles. The first kappa shape index (κ1) is 16.6. The number of nitriles is 1. The lowest BCUT2D eigenvalue weighted by Gasteiger charge is -2.33. The molecule has 0 radical (unpaired) electrons.